The lowest BCUT2D eigenvalue weighted by Gasteiger charge is -2.01. The fourth-order valence-electron chi connectivity index (χ4n) is 1.82. The third-order valence-corrected chi connectivity index (χ3v) is 4.97. The van der Waals surface area contributed by atoms with E-state index in [0.717, 1.165) is 27.4 Å². The van der Waals surface area contributed by atoms with Gasteiger partial charge in [-0.3, -0.25) is 2.78 Å². The highest BCUT2D eigenvalue weighted by atomic mass is 127. The molecule has 1 aromatic heterocycles. The number of hydrogen-bond donors (Lipinski definition) is 1. The fourth-order valence-corrected chi connectivity index (χ4v) is 3.69. The average Bonchev–Trinajstić information content (AvgIpc) is 2.83. The van der Waals surface area contributed by atoms with Crippen molar-refractivity contribution in [2.24, 2.45) is 4.99 Å². The van der Waals surface area contributed by atoms with E-state index in [1.54, 1.807) is 11.3 Å². The van der Waals surface area contributed by atoms with E-state index in [2.05, 4.69) is 36.0 Å². The summed E-state index contributed by atoms with van der Waals surface area (Å²) in [4.78, 5) is 5.62. The van der Waals surface area contributed by atoms with Crippen molar-refractivity contribution in [2.45, 2.75) is 0 Å². The number of hydrogen-bond acceptors (Lipinski definition) is 3. The van der Waals surface area contributed by atoms with Crippen molar-refractivity contribution >= 4 is 45.6 Å². The topological polar surface area (TPSA) is 43.3 Å². The zero-order valence-corrected chi connectivity index (χ0v) is 13.5. The Balaban J connectivity index is 2.05. The number of rotatable bonds is 2. The van der Waals surface area contributed by atoms with Crippen molar-refractivity contribution in [3.05, 3.63) is 64.8 Å². The summed E-state index contributed by atoms with van der Waals surface area (Å²) in [7, 11) is 0. The molecule has 2 N–H and O–H groups in total. The van der Waals surface area contributed by atoms with Gasteiger partial charge >= 0.3 is 0 Å². The van der Waals surface area contributed by atoms with Gasteiger partial charge in [0, 0.05) is 11.1 Å². The van der Waals surface area contributed by atoms with Crippen LogP contribution in [0.15, 0.2) is 65.0 Å². The molecule has 3 nitrogen and oxygen atoms in total. The van der Waals surface area contributed by atoms with E-state index in [1.807, 2.05) is 54.6 Å². The molecule has 0 saturated heterocycles. The van der Waals surface area contributed by atoms with Gasteiger partial charge in [0.2, 0.25) is 0 Å². The van der Waals surface area contributed by atoms with Gasteiger partial charge in [-0.2, -0.15) is 0 Å². The molecule has 2 aromatic carbocycles. The summed E-state index contributed by atoms with van der Waals surface area (Å²) in [6.07, 6.45) is 0. The zero-order valence-electron chi connectivity index (χ0n) is 10.5. The smallest absolute Gasteiger partial charge is 0.199 e. The van der Waals surface area contributed by atoms with E-state index >= 15 is 0 Å². The Morgan fingerprint density at radius 1 is 1.00 bits per heavy atom. The molecule has 20 heavy (non-hydrogen) atoms. The minimum Gasteiger partial charge on any atom is -0.399 e. The van der Waals surface area contributed by atoms with Crippen LogP contribution in [0.5, 0.6) is 0 Å². The molecule has 3 aromatic rings. The summed E-state index contributed by atoms with van der Waals surface area (Å²) in [6, 6.07) is 17.9. The maximum atomic E-state index is 5.73. The van der Waals surface area contributed by atoms with Crippen LogP contribution in [0.2, 0.25) is 0 Å². The monoisotopic (exact) mass is 393 g/mol. The quantitative estimate of drug-likeness (QED) is 0.514. The van der Waals surface area contributed by atoms with Crippen LogP contribution in [-0.4, -0.2) is 2.78 Å². The molecule has 100 valence electrons. The molecule has 0 atom stereocenters. The van der Waals surface area contributed by atoms with E-state index in [1.165, 1.54) is 0 Å². The summed E-state index contributed by atoms with van der Waals surface area (Å²) in [6.45, 7) is 0. The third-order valence-electron chi connectivity index (χ3n) is 2.84. The Hall–Kier alpha value is -1.60. The lowest BCUT2D eigenvalue weighted by Crippen LogP contribution is -2.05. The summed E-state index contributed by atoms with van der Waals surface area (Å²) in [5.41, 5.74) is 9.73. The van der Waals surface area contributed by atoms with Crippen LogP contribution in [0.3, 0.4) is 0 Å². The molecule has 0 aliphatic rings. The molecule has 5 heteroatoms. The minimum absolute atomic E-state index is 0.776. The first-order valence-electron chi connectivity index (χ1n) is 6.06. The SMILES string of the molecule is Nc1ccc(-c2csc(=Nc3ccccc3)n2I)cc1. The van der Waals surface area contributed by atoms with Crippen LogP contribution < -0.4 is 10.5 Å². The zero-order chi connectivity index (χ0) is 13.9. The van der Waals surface area contributed by atoms with E-state index in [-0.39, 0.29) is 0 Å². The van der Waals surface area contributed by atoms with Crippen LogP contribution in [0.1, 0.15) is 0 Å². The molecular formula is C15H12IN3S. The largest absolute Gasteiger partial charge is 0.399 e. The van der Waals surface area contributed by atoms with Crippen molar-refractivity contribution in [2.75, 3.05) is 5.73 Å². The molecule has 0 aliphatic heterocycles. The highest BCUT2D eigenvalue weighted by Crippen LogP contribution is 2.23. The van der Waals surface area contributed by atoms with E-state index in [9.17, 15) is 0 Å². The van der Waals surface area contributed by atoms with Crippen molar-refractivity contribution in [3.63, 3.8) is 0 Å². The Bertz CT molecular complexity index is 773. The summed E-state index contributed by atoms with van der Waals surface area (Å²) in [5, 5.41) is 2.11. The first-order valence-corrected chi connectivity index (χ1v) is 7.91. The highest BCUT2D eigenvalue weighted by molar-refractivity contribution is 14.1. The minimum atomic E-state index is 0.776. The Labute approximate surface area is 134 Å². The van der Waals surface area contributed by atoms with Gasteiger partial charge in [0.15, 0.2) is 4.80 Å². The van der Waals surface area contributed by atoms with Gasteiger partial charge < -0.3 is 5.73 Å². The van der Waals surface area contributed by atoms with Crippen LogP contribution in [0, 0.1) is 0 Å². The number of thiazole rings is 1. The van der Waals surface area contributed by atoms with Gasteiger partial charge in [-0.15, -0.1) is 11.3 Å². The summed E-state index contributed by atoms with van der Waals surface area (Å²) >= 11 is 3.90. The maximum absolute atomic E-state index is 5.73. The van der Waals surface area contributed by atoms with Crippen LogP contribution in [0.4, 0.5) is 11.4 Å². The second-order valence-electron chi connectivity index (χ2n) is 4.25. The second-order valence-corrected chi connectivity index (χ2v) is 6.06. The molecule has 0 aliphatic carbocycles. The van der Waals surface area contributed by atoms with Crippen molar-refractivity contribution in [1.29, 1.82) is 0 Å². The number of para-hydroxylation sites is 1. The highest BCUT2D eigenvalue weighted by Gasteiger charge is 2.05. The van der Waals surface area contributed by atoms with Gasteiger partial charge in [0.1, 0.15) is 0 Å². The van der Waals surface area contributed by atoms with Crippen molar-refractivity contribution in [3.8, 4) is 11.3 Å². The molecule has 0 fully saturated rings. The first-order chi connectivity index (χ1) is 9.74. The van der Waals surface area contributed by atoms with Gasteiger partial charge in [0.05, 0.1) is 34.2 Å². The predicted octanol–water partition coefficient (Wildman–Crippen LogP) is 4.23. The number of benzene rings is 2. The Kier molecular flexibility index (Phi) is 3.88. The van der Waals surface area contributed by atoms with E-state index in [4.69, 9.17) is 5.73 Å². The molecule has 0 bridgehead atoms. The normalized spacial score (nSPS) is 11.8. The average molecular weight is 393 g/mol. The van der Waals surface area contributed by atoms with Crippen molar-refractivity contribution < 1.29 is 0 Å². The lowest BCUT2D eigenvalue weighted by molar-refractivity contribution is 1.21. The Morgan fingerprint density at radius 3 is 2.40 bits per heavy atom. The molecule has 0 radical (unpaired) electrons. The number of nitrogens with two attached hydrogens (primary N) is 1. The fraction of sp³-hybridized carbons (Fsp3) is 0. The molecule has 0 saturated carbocycles. The van der Waals surface area contributed by atoms with E-state index < -0.39 is 0 Å². The van der Waals surface area contributed by atoms with Crippen LogP contribution >= 0.6 is 34.2 Å². The lowest BCUT2D eigenvalue weighted by atomic mass is 10.2. The number of nitrogens with zero attached hydrogens (tertiary/aromatic N) is 2. The maximum Gasteiger partial charge on any atom is 0.199 e. The first kappa shape index (κ1) is 13.4. The second kappa shape index (κ2) is 5.80. The summed E-state index contributed by atoms with van der Waals surface area (Å²) in [5.74, 6) is 0. The van der Waals surface area contributed by atoms with E-state index in [0.29, 0.717) is 0 Å². The van der Waals surface area contributed by atoms with Gasteiger partial charge in [-0.1, -0.05) is 30.3 Å². The third kappa shape index (κ3) is 2.78. The predicted molar refractivity (Wildman–Crippen MR) is 93.2 cm³/mol. The van der Waals surface area contributed by atoms with Gasteiger partial charge in [-0.25, -0.2) is 4.99 Å². The molecule has 1 heterocycles. The molecule has 0 spiro atoms. The number of aromatic nitrogens is 1. The molecular weight excluding hydrogens is 381 g/mol. The van der Waals surface area contributed by atoms with Crippen LogP contribution in [0.25, 0.3) is 11.3 Å². The van der Waals surface area contributed by atoms with Gasteiger partial charge in [-0.05, 0) is 29.8 Å². The number of halogens is 1. The Morgan fingerprint density at radius 2 is 1.70 bits per heavy atom. The van der Waals surface area contributed by atoms with Crippen molar-refractivity contribution in [1.82, 2.24) is 2.78 Å². The number of anilines is 1. The van der Waals surface area contributed by atoms with Crippen LogP contribution in [-0.2, 0) is 0 Å². The standard InChI is InChI=1S/C15H12IN3S/c16-19-14(11-6-8-12(17)9-7-11)10-20-15(19)18-13-4-2-1-3-5-13/h1-10H,17H2. The number of nitrogen functional groups attached to an aromatic ring is 1. The molecule has 0 amide bonds. The molecule has 0 unspecified atom stereocenters. The van der Waals surface area contributed by atoms with Gasteiger partial charge in [0.25, 0.3) is 0 Å². The summed E-state index contributed by atoms with van der Waals surface area (Å²) < 4.78 is 2.07. The molecule has 3 rings (SSSR count).